The minimum Gasteiger partial charge on any atom is -0.342 e. The zero-order chi connectivity index (χ0) is 14.3. The number of aromatic nitrogens is 2. The minimum atomic E-state index is -0.162. The number of amides is 1. The first-order valence-electron chi connectivity index (χ1n) is 7.16. The highest BCUT2D eigenvalue weighted by molar-refractivity contribution is 5.81. The van der Waals surface area contributed by atoms with Crippen molar-refractivity contribution in [3.05, 3.63) is 18.0 Å². The minimum absolute atomic E-state index is 0.159. The predicted molar refractivity (Wildman–Crippen MR) is 76.7 cm³/mol. The molecule has 0 aromatic carbocycles. The van der Waals surface area contributed by atoms with Crippen LogP contribution in [0.3, 0.4) is 0 Å². The third kappa shape index (κ3) is 4.35. The Morgan fingerprint density at radius 2 is 2.11 bits per heavy atom. The van der Waals surface area contributed by atoms with Crippen LogP contribution in [0.4, 0.5) is 0 Å². The van der Waals surface area contributed by atoms with Gasteiger partial charge >= 0.3 is 0 Å². The fraction of sp³-hybridized carbons (Fsp3) is 0.714. The van der Waals surface area contributed by atoms with Crippen molar-refractivity contribution in [2.45, 2.75) is 53.2 Å². The highest BCUT2D eigenvalue weighted by Gasteiger charge is 2.17. The molecule has 0 aliphatic heterocycles. The summed E-state index contributed by atoms with van der Waals surface area (Å²) in [7, 11) is 0. The molecule has 1 rings (SSSR count). The molecule has 0 aliphatic rings. The lowest BCUT2D eigenvalue weighted by atomic mass is 10.2. The van der Waals surface area contributed by atoms with Crippen molar-refractivity contribution in [1.82, 2.24) is 20.0 Å². The molecule has 1 N–H and O–H groups in total. The average Bonchev–Trinajstić information content (AvgIpc) is 2.85. The molecule has 0 bridgehead atoms. The maximum absolute atomic E-state index is 12.1. The summed E-state index contributed by atoms with van der Waals surface area (Å²) in [5.74, 6) is 0.159. The van der Waals surface area contributed by atoms with Crippen molar-refractivity contribution in [2.24, 2.45) is 0 Å². The molecule has 1 heterocycles. The van der Waals surface area contributed by atoms with Gasteiger partial charge in [0, 0.05) is 32.4 Å². The number of carbonyl (C=O) groups excluding carboxylic acids is 1. The summed E-state index contributed by atoms with van der Waals surface area (Å²) >= 11 is 0. The molecule has 1 aromatic heterocycles. The lowest BCUT2D eigenvalue weighted by Gasteiger charge is -2.23. The van der Waals surface area contributed by atoms with Gasteiger partial charge in [0.1, 0.15) is 0 Å². The zero-order valence-electron chi connectivity index (χ0n) is 12.5. The van der Waals surface area contributed by atoms with Crippen LogP contribution in [0.1, 0.15) is 39.8 Å². The summed E-state index contributed by atoms with van der Waals surface area (Å²) in [6.07, 6.45) is 2.87. The highest BCUT2D eigenvalue weighted by Crippen LogP contribution is 2.02. The first kappa shape index (κ1) is 15.7. The van der Waals surface area contributed by atoms with Gasteiger partial charge in [-0.05, 0) is 33.3 Å². The van der Waals surface area contributed by atoms with Gasteiger partial charge in [-0.15, -0.1) is 0 Å². The fourth-order valence-electron chi connectivity index (χ4n) is 2.08. The van der Waals surface area contributed by atoms with Crippen LogP contribution in [-0.2, 0) is 17.9 Å². The number of nitrogens with zero attached hydrogens (tertiary/aromatic N) is 3. The van der Waals surface area contributed by atoms with Gasteiger partial charge in [0.15, 0.2) is 0 Å². The van der Waals surface area contributed by atoms with Crippen LogP contribution >= 0.6 is 0 Å². The standard InChI is InChI=1S/C14H26N4O/c1-5-10-18-13(8-9-16-18)11-15-12(4)14(19)17(6-2)7-3/h8-9,12,15H,5-7,10-11H2,1-4H3. The van der Waals surface area contributed by atoms with Crippen LogP contribution in [-0.4, -0.2) is 39.7 Å². The van der Waals surface area contributed by atoms with Crippen molar-refractivity contribution in [2.75, 3.05) is 13.1 Å². The Morgan fingerprint density at radius 1 is 1.42 bits per heavy atom. The molecule has 0 spiro atoms. The van der Waals surface area contributed by atoms with Crippen molar-refractivity contribution >= 4 is 5.91 Å². The Bertz CT molecular complexity index is 385. The lowest BCUT2D eigenvalue weighted by Crippen LogP contribution is -2.44. The first-order valence-corrected chi connectivity index (χ1v) is 7.16. The van der Waals surface area contributed by atoms with Gasteiger partial charge in [-0.3, -0.25) is 9.48 Å². The molecule has 19 heavy (non-hydrogen) atoms. The normalized spacial score (nSPS) is 12.4. The smallest absolute Gasteiger partial charge is 0.239 e. The lowest BCUT2D eigenvalue weighted by molar-refractivity contribution is -0.132. The molecule has 0 aliphatic carbocycles. The zero-order valence-corrected chi connectivity index (χ0v) is 12.5. The number of likely N-dealkylation sites (N-methyl/N-ethyl adjacent to an activating group) is 1. The molecule has 108 valence electrons. The predicted octanol–water partition coefficient (Wildman–Crippen LogP) is 1.64. The molecule has 1 atom stereocenters. The third-order valence-corrected chi connectivity index (χ3v) is 3.27. The van der Waals surface area contributed by atoms with Crippen molar-refractivity contribution in [3.63, 3.8) is 0 Å². The van der Waals surface area contributed by atoms with Gasteiger partial charge in [0.25, 0.3) is 0 Å². The highest BCUT2D eigenvalue weighted by atomic mass is 16.2. The molecule has 0 fully saturated rings. The van der Waals surface area contributed by atoms with E-state index in [9.17, 15) is 4.79 Å². The first-order chi connectivity index (χ1) is 9.13. The largest absolute Gasteiger partial charge is 0.342 e. The van der Waals surface area contributed by atoms with E-state index in [1.165, 1.54) is 0 Å². The van der Waals surface area contributed by atoms with E-state index in [-0.39, 0.29) is 11.9 Å². The molecule has 1 unspecified atom stereocenters. The van der Waals surface area contributed by atoms with E-state index in [1.54, 1.807) is 0 Å². The van der Waals surface area contributed by atoms with Gasteiger partial charge in [0.05, 0.1) is 11.7 Å². The quantitative estimate of drug-likeness (QED) is 0.778. The molecular weight excluding hydrogens is 240 g/mol. The van der Waals surface area contributed by atoms with Crippen LogP contribution in [0.15, 0.2) is 12.3 Å². The number of rotatable bonds is 8. The Balaban J connectivity index is 2.51. The summed E-state index contributed by atoms with van der Waals surface area (Å²) in [5.41, 5.74) is 1.13. The fourth-order valence-corrected chi connectivity index (χ4v) is 2.08. The van der Waals surface area contributed by atoms with Crippen LogP contribution in [0, 0.1) is 0 Å². The topological polar surface area (TPSA) is 50.2 Å². The Morgan fingerprint density at radius 3 is 2.68 bits per heavy atom. The third-order valence-electron chi connectivity index (χ3n) is 3.27. The number of hydrogen-bond donors (Lipinski definition) is 1. The van der Waals surface area contributed by atoms with Crippen molar-refractivity contribution < 1.29 is 4.79 Å². The summed E-state index contributed by atoms with van der Waals surface area (Å²) in [4.78, 5) is 14.0. The summed E-state index contributed by atoms with van der Waals surface area (Å²) < 4.78 is 1.99. The molecule has 5 nitrogen and oxygen atoms in total. The van der Waals surface area contributed by atoms with E-state index in [2.05, 4.69) is 17.3 Å². The van der Waals surface area contributed by atoms with Crippen LogP contribution < -0.4 is 5.32 Å². The molecule has 0 radical (unpaired) electrons. The number of aryl methyl sites for hydroxylation is 1. The van der Waals surface area contributed by atoms with E-state index in [1.807, 2.05) is 42.6 Å². The maximum Gasteiger partial charge on any atom is 0.239 e. The number of carbonyl (C=O) groups is 1. The van der Waals surface area contributed by atoms with Gasteiger partial charge in [-0.25, -0.2) is 0 Å². The van der Waals surface area contributed by atoms with Gasteiger partial charge in [-0.2, -0.15) is 5.10 Å². The van der Waals surface area contributed by atoms with Crippen molar-refractivity contribution in [3.8, 4) is 0 Å². The molecular formula is C14H26N4O. The van der Waals surface area contributed by atoms with Gasteiger partial charge < -0.3 is 10.2 Å². The average molecular weight is 266 g/mol. The molecule has 1 aromatic rings. The molecule has 1 amide bonds. The molecule has 0 saturated heterocycles. The Kier molecular flexibility index (Phi) is 6.56. The number of hydrogen-bond acceptors (Lipinski definition) is 3. The second-order valence-electron chi connectivity index (χ2n) is 4.66. The van der Waals surface area contributed by atoms with Gasteiger partial charge in [0.2, 0.25) is 5.91 Å². The molecule has 0 saturated carbocycles. The SMILES string of the molecule is CCCn1nccc1CNC(C)C(=O)N(CC)CC. The van der Waals surface area contributed by atoms with E-state index >= 15 is 0 Å². The Labute approximate surface area is 116 Å². The second-order valence-corrected chi connectivity index (χ2v) is 4.66. The van der Waals surface area contributed by atoms with E-state index in [4.69, 9.17) is 0 Å². The maximum atomic E-state index is 12.1. The van der Waals surface area contributed by atoms with E-state index < -0.39 is 0 Å². The van der Waals surface area contributed by atoms with Crippen molar-refractivity contribution in [1.29, 1.82) is 0 Å². The van der Waals surface area contributed by atoms with Crippen LogP contribution in [0.5, 0.6) is 0 Å². The monoisotopic (exact) mass is 266 g/mol. The van der Waals surface area contributed by atoms with Gasteiger partial charge in [-0.1, -0.05) is 6.92 Å². The second kappa shape index (κ2) is 7.94. The van der Waals surface area contributed by atoms with Crippen LogP contribution in [0.2, 0.25) is 0 Å². The van der Waals surface area contributed by atoms with E-state index in [0.29, 0.717) is 6.54 Å². The Hall–Kier alpha value is -1.36. The summed E-state index contributed by atoms with van der Waals surface area (Å²) in [6.45, 7) is 11.2. The van der Waals surface area contributed by atoms with Crippen LogP contribution in [0.25, 0.3) is 0 Å². The van der Waals surface area contributed by atoms with E-state index in [0.717, 1.165) is 31.7 Å². The summed E-state index contributed by atoms with van der Waals surface area (Å²) in [5, 5.41) is 7.56. The molecule has 5 heteroatoms. The summed E-state index contributed by atoms with van der Waals surface area (Å²) in [6, 6.07) is 1.84. The number of nitrogens with one attached hydrogen (secondary N) is 1.